The van der Waals surface area contributed by atoms with Crippen molar-refractivity contribution in [1.29, 1.82) is 0 Å². The van der Waals surface area contributed by atoms with Crippen LogP contribution in [0, 0.1) is 11.8 Å². The molecule has 162 valence electrons. The number of piperidine rings is 1. The van der Waals surface area contributed by atoms with Gasteiger partial charge in [-0.05, 0) is 55.0 Å². The van der Waals surface area contributed by atoms with Gasteiger partial charge in [0.05, 0.1) is 0 Å². The van der Waals surface area contributed by atoms with Crippen LogP contribution in [-0.2, 0) is 17.6 Å². The van der Waals surface area contributed by atoms with Gasteiger partial charge in [0, 0.05) is 41.5 Å². The lowest BCUT2D eigenvalue weighted by atomic mass is 9.70. The first-order valence-corrected chi connectivity index (χ1v) is 11.3. The molecule has 1 amide bonds. The first-order valence-electron chi connectivity index (χ1n) is 11.3. The normalized spacial score (nSPS) is 25.0. The SMILES string of the molecule is CC(Cc1ccccc1)C(OC(N)=O)[C@@H]1C[C@@H]2c3cccc4[nH]cc(c34)C[C@H]2N(C)C1. The highest BCUT2D eigenvalue weighted by molar-refractivity contribution is 5.88. The minimum atomic E-state index is -0.673. The van der Waals surface area contributed by atoms with E-state index in [2.05, 4.69) is 72.5 Å². The van der Waals surface area contributed by atoms with E-state index in [1.54, 1.807) is 0 Å². The van der Waals surface area contributed by atoms with Gasteiger partial charge in [-0.1, -0.05) is 49.4 Å². The van der Waals surface area contributed by atoms with Crippen LogP contribution in [0.15, 0.2) is 54.7 Å². The fourth-order valence-corrected chi connectivity index (χ4v) is 6.13. The van der Waals surface area contributed by atoms with Crippen molar-refractivity contribution in [2.75, 3.05) is 13.6 Å². The number of carbonyl (C=O) groups is 1. The van der Waals surface area contributed by atoms with Gasteiger partial charge in [-0.2, -0.15) is 0 Å². The van der Waals surface area contributed by atoms with Crippen LogP contribution in [0.25, 0.3) is 10.9 Å². The second-order valence-corrected chi connectivity index (χ2v) is 9.47. The minimum absolute atomic E-state index is 0.187. The number of H-pyrrole nitrogens is 1. The maximum atomic E-state index is 11.8. The number of rotatable bonds is 5. The summed E-state index contributed by atoms with van der Waals surface area (Å²) >= 11 is 0. The highest BCUT2D eigenvalue weighted by Crippen LogP contribution is 2.45. The van der Waals surface area contributed by atoms with Gasteiger partial charge in [0.2, 0.25) is 0 Å². The number of nitrogens with one attached hydrogen (secondary N) is 1. The molecule has 2 aromatic carbocycles. The Balaban J connectivity index is 1.44. The topological polar surface area (TPSA) is 71.3 Å². The molecule has 5 atom stereocenters. The smallest absolute Gasteiger partial charge is 0.404 e. The van der Waals surface area contributed by atoms with Crippen molar-refractivity contribution in [2.24, 2.45) is 17.6 Å². The van der Waals surface area contributed by atoms with E-state index < -0.39 is 6.09 Å². The molecule has 1 saturated heterocycles. The summed E-state index contributed by atoms with van der Waals surface area (Å²) in [5.74, 6) is 0.860. The Hall–Kier alpha value is -2.79. The van der Waals surface area contributed by atoms with Gasteiger partial charge in [-0.25, -0.2) is 4.79 Å². The molecule has 0 radical (unpaired) electrons. The highest BCUT2D eigenvalue weighted by Gasteiger charge is 2.43. The summed E-state index contributed by atoms with van der Waals surface area (Å²) in [6.45, 7) is 3.09. The molecule has 5 nitrogen and oxygen atoms in total. The first kappa shape index (κ1) is 20.1. The Bertz CT molecular complexity index is 1080. The van der Waals surface area contributed by atoms with E-state index in [0.717, 1.165) is 25.8 Å². The number of likely N-dealkylation sites (N-methyl/N-ethyl adjacent to an activating group) is 1. The van der Waals surface area contributed by atoms with E-state index in [-0.39, 0.29) is 17.9 Å². The van der Waals surface area contributed by atoms with E-state index in [9.17, 15) is 4.79 Å². The second kappa shape index (κ2) is 8.04. The monoisotopic (exact) mass is 417 g/mol. The van der Waals surface area contributed by atoms with Crippen molar-refractivity contribution in [1.82, 2.24) is 9.88 Å². The molecular formula is C26H31N3O2. The second-order valence-electron chi connectivity index (χ2n) is 9.47. The van der Waals surface area contributed by atoms with Crippen molar-refractivity contribution in [3.63, 3.8) is 0 Å². The number of nitrogens with two attached hydrogens (primary N) is 1. The summed E-state index contributed by atoms with van der Waals surface area (Å²) < 4.78 is 5.79. The molecule has 0 spiro atoms. The fourth-order valence-electron chi connectivity index (χ4n) is 6.13. The largest absolute Gasteiger partial charge is 0.446 e. The third-order valence-corrected chi connectivity index (χ3v) is 7.44. The lowest BCUT2D eigenvalue weighted by Crippen LogP contribution is -2.52. The molecule has 2 heterocycles. The van der Waals surface area contributed by atoms with Crippen molar-refractivity contribution in [3.05, 3.63) is 71.4 Å². The molecule has 0 bridgehead atoms. The molecule has 0 saturated carbocycles. The van der Waals surface area contributed by atoms with E-state index in [1.807, 2.05) is 6.07 Å². The van der Waals surface area contributed by atoms with E-state index in [0.29, 0.717) is 12.0 Å². The third kappa shape index (κ3) is 3.72. The van der Waals surface area contributed by atoms with Gasteiger partial charge in [-0.3, -0.25) is 0 Å². The molecular weight excluding hydrogens is 386 g/mol. The van der Waals surface area contributed by atoms with Gasteiger partial charge in [0.1, 0.15) is 6.10 Å². The van der Waals surface area contributed by atoms with E-state index in [4.69, 9.17) is 10.5 Å². The molecule has 3 N–H and O–H groups in total. The van der Waals surface area contributed by atoms with Gasteiger partial charge in [0.25, 0.3) is 0 Å². The van der Waals surface area contributed by atoms with Crippen LogP contribution in [0.1, 0.15) is 36.0 Å². The molecule has 3 aromatic rings. The summed E-state index contributed by atoms with van der Waals surface area (Å²) in [6.07, 6.45) is 4.23. The van der Waals surface area contributed by atoms with Gasteiger partial charge < -0.3 is 20.4 Å². The van der Waals surface area contributed by atoms with Gasteiger partial charge in [0.15, 0.2) is 0 Å². The minimum Gasteiger partial charge on any atom is -0.446 e. The Labute approximate surface area is 183 Å². The molecule has 31 heavy (non-hydrogen) atoms. The van der Waals surface area contributed by atoms with Crippen LogP contribution >= 0.6 is 0 Å². The number of primary amides is 1. The maximum Gasteiger partial charge on any atom is 0.404 e. The standard InChI is InChI=1S/C26H31N3O2/c1-16(11-17-7-4-3-5-8-17)25(31-26(27)30)19-12-21-20-9-6-10-22-24(20)18(14-28-22)13-23(21)29(2)15-19/h3-10,14,16,19,21,23,25,28H,11-13,15H2,1-2H3,(H2,27,30)/t16?,19-,21-,23-,25?/m1/s1. The fraction of sp³-hybridized carbons (Fsp3) is 0.423. The number of likely N-dealkylation sites (tertiary alicyclic amines) is 1. The molecule has 1 aliphatic carbocycles. The summed E-state index contributed by atoms with van der Waals surface area (Å²) in [5.41, 5.74) is 10.9. The molecule has 1 aliphatic heterocycles. The number of aromatic amines is 1. The number of benzene rings is 2. The van der Waals surface area contributed by atoms with Gasteiger partial charge in [-0.15, -0.1) is 0 Å². The number of fused-ring (bicyclic) bond motifs is 2. The van der Waals surface area contributed by atoms with Crippen LogP contribution in [-0.4, -0.2) is 41.7 Å². The maximum absolute atomic E-state index is 11.8. The quantitative estimate of drug-likeness (QED) is 0.643. The summed E-state index contributed by atoms with van der Waals surface area (Å²) in [5, 5.41) is 1.39. The van der Waals surface area contributed by atoms with Crippen molar-refractivity contribution in [3.8, 4) is 0 Å². The van der Waals surface area contributed by atoms with E-state index >= 15 is 0 Å². The molecule has 5 rings (SSSR count). The van der Waals surface area contributed by atoms with Crippen molar-refractivity contribution < 1.29 is 9.53 Å². The third-order valence-electron chi connectivity index (χ3n) is 7.44. The molecule has 1 aromatic heterocycles. The lowest BCUT2D eigenvalue weighted by molar-refractivity contribution is -0.0121. The van der Waals surface area contributed by atoms with Crippen LogP contribution < -0.4 is 5.73 Å². The predicted molar refractivity (Wildman–Crippen MR) is 123 cm³/mol. The van der Waals surface area contributed by atoms with Crippen molar-refractivity contribution >= 4 is 17.0 Å². The lowest BCUT2D eigenvalue weighted by Gasteiger charge is -2.47. The molecule has 5 heteroatoms. The summed E-state index contributed by atoms with van der Waals surface area (Å²) in [7, 11) is 2.21. The van der Waals surface area contributed by atoms with Crippen molar-refractivity contribution in [2.45, 2.75) is 44.2 Å². The summed E-state index contributed by atoms with van der Waals surface area (Å²) in [4.78, 5) is 17.8. The van der Waals surface area contributed by atoms with Gasteiger partial charge >= 0.3 is 6.09 Å². The Morgan fingerprint density at radius 1 is 1.23 bits per heavy atom. The van der Waals surface area contributed by atoms with Crippen LogP contribution in [0.2, 0.25) is 0 Å². The zero-order valence-corrected chi connectivity index (χ0v) is 18.3. The Morgan fingerprint density at radius 2 is 2.03 bits per heavy atom. The highest BCUT2D eigenvalue weighted by atomic mass is 16.6. The number of amides is 1. The molecule has 1 fully saturated rings. The predicted octanol–water partition coefficient (Wildman–Crippen LogP) is 4.47. The average Bonchev–Trinajstić information content (AvgIpc) is 3.17. The number of nitrogens with zero attached hydrogens (tertiary/aromatic N) is 1. The zero-order valence-electron chi connectivity index (χ0n) is 18.3. The molecule has 2 unspecified atom stereocenters. The summed E-state index contributed by atoms with van der Waals surface area (Å²) in [6, 6.07) is 17.5. The number of hydrogen-bond donors (Lipinski definition) is 2. The number of ether oxygens (including phenoxy) is 1. The average molecular weight is 418 g/mol. The Kier molecular flexibility index (Phi) is 5.22. The number of hydrogen-bond acceptors (Lipinski definition) is 3. The van der Waals surface area contributed by atoms with Crippen LogP contribution in [0.3, 0.4) is 0 Å². The number of aromatic nitrogens is 1. The number of carbonyl (C=O) groups excluding carboxylic acids is 1. The first-order chi connectivity index (χ1) is 15.0. The van der Waals surface area contributed by atoms with Crippen LogP contribution in [0.4, 0.5) is 4.79 Å². The molecule has 2 aliphatic rings. The zero-order chi connectivity index (χ0) is 21.5. The van der Waals surface area contributed by atoms with E-state index in [1.165, 1.54) is 27.6 Å². The Morgan fingerprint density at radius 3 is 2.81 bits per heavy atom. The van der Waals surface area contributed by atoms with Crippen LogP contribution in [0.5, 0.6) is 0 Å².